The van der Waals surface area contributed by atoms with Crippen LogP contribution in [0.3, 0.4) is 0 Å². The Morgan fingerprint density at radius 2 is 1.85 bits per heavy atom. The van der Waals surface area contributed by atoms with Crippen LogP contribution in [0.1, 0.15) is 5.56 Å². The molecule has 0 bridgehead atoms. The van der Waals surface area contributed by atoms with E-state index in [-0.39, 0.29) is 0 Å². The maximum Gasteiger partial charge on any atom is 0.159 e. The minimum atomic E-state index is -1.33. The Kier molecular flexibility index (Phi) is 3.66. The highest BCUT2D eigenvalue weighted by molar-refractivity contribution is 5.58. The largest absolute Gasteiger partial charge is 0.394 e. The summed E-state index contributed by atoms with van der Waals surface area (Å²) in [5, 5.41) is 39.0. The van der Waals surface area contributed by atoms with E-state index < -0.39 is 37.3 Å². The number of fused-ring (bicyclic) bond motifs is 1. The van der Waals surface area contributed by atoms with Gasteiger partial charge in [-0.2, -0.15) is 0 Å². The molecule has 0 saturated carbocycles. The number of nitrogens with zero attached hydrogens (tertiary/aromatic N) is 1. The lowest BCUT2D eigenvalue weighted by Crippen LogP contribution is -2.63. The Balaban J connectivity index is 1.87. The molecule has 1 aromatic carbocycles. The van der Waals surface area contributed by atoms with E-state index in [1.54, 1.807) is 0 Å². The molecule has 2 aliphatic rings. The van der Waals surface area contributed by atoms with Crippen molar-refractivity contribution in [3.63, 3.8) is 0 Å². The Morgan fingerprint density at radius 1 is 1.10 bits per heavy atom. The third kappa shape index (κ3) is 2.10. The summed E-state index contributed by atoms with van der Waals surface area (Å²) < 4.78 is 5.59. The second kappa shape index (κ2) is 5.31. The topological polar surface area (TPSA) is 93.4 Å². The molecule has 6 nitrogen and oxygen atoms in total. The van der Waals surface area contributed by atoms with Gasteiger partial charge in [0, 0.05) is 12.2 Å². The molecule has 0 spiro atoms. The van der Waals surface area contributed by atoms with E-state index in [4.69, 9.17) is 4.74 Å². The molecule has 0 aliphatic carbocycles. The van der Waals surface area contributed by atoms with Gasteiger partial charge in [0.15, 0.2) is 6.23 Å². The monoisotopic (exact) mass is 281 g/mol. The number of rotatable bonds is 2. The van der Waals surface area contributed by atoms with E-state index in [0.29, 0.717) is 6.54 Å². The van der Waals surface area contributed by atoms with Crippen LogP contribution in [-0.4, -0.2) is 64.2 Å². The molecule has 5 atom stereocenters. The number of benzene rings is 1. The highest BCUT2D eigenvalue weighted by Crippen LogP contribution is 2.33. The average molecular weight is 281 g/mol. The summed E-state index contributed by atoms with van der Waals surface area (Å²) in [6.07, 6.45) is -4.67. The van der Waals surface area contributed by atoms with E-state index in [2.05, 4.69) is 0 Å². The minimum absolute atomic E-state index is 0.406. The molecule has 0 aromatic heterocycles. The summed E-state index contributed by atoms with van der Waals surface area (Å²) in [5.74, 6) is 0. The van der Waals surface area contributed by atoms with E-state index >= 15 is 0 Å². The first-order valence-electron chi connectivity index (χ1n) is 6.78. The second-order valence-electron chi connectivity index (χ2n) is 5.29. The quantitative estimate of drug-likeness (QED) is 0.547. The van der Waals surface area contributed by atoms with Crippen LogP contribution >= 0.6 is 0 Å². The van der Waals surface area contributed by atoms with Crippen molar-refractivity contribution in [3.05, 3.63) is 29.8 Å². The number of ether oxygens (including phenoxy) is 1. The Labute approximate surface area is 116 Å². The van der Waals surface area contributed by atoms with E-state index in [0.717, 1.165) is 17.7 Å². The molecule has 4 N–H and O–H groups in total. The van der Waals surface area contributed by atoms with Crippen molar-refractivity contribution in [1.29, 1.82) is 0 Å². The predicted octanol–water partition coefficient (Wildman–Crippen LogP) is -1.15. The van der Waals surface area contributed by atoms with Gasteiger partial charge < -0.3 is 30.1 Å². The average Bonchev–Trinajstić information content (AvgIpc) is 2.89. The maximum absolute atomic E-state index is 10.1. The zero-order valence-corrected chi connectivity index (χ0v) is 11.0. The van der Waals surface area contributed by atoms with Crippen molar-refractivity contribution in [2.45, 2.75) is 37.1 Å². The predicted molar refractivity (Wildman–Crippen MR) is 71.3 cm³/mol. The van der Waals surface area contributed by atoms with Gasteiger partial charge in [0.2, 0.25) is 0 Å². The van der Waals surface area contributed by atoms with Gasteiger partial charge in [-0.3, -0.25) is 0 Å². The summed E-state index contributed by atoms with van der Waals surface area (Å²) in [5.41, 5.74) is 2.11. The van der Waals surface area contributed by atoms with Crippen LogP contribution in [0.2, 0.25) is 0 Å². The molecule has 0 amide bonds. The summed E-state index contributed by atoms with van der Waals surface area (Å²) >= 11 is 0. The van der Waals surface area contributed by atoms with Crippen molar-refractivity contribution >= 4 is 5.69 Å². The molecule has 20 heavy (non-hydrogen) atoms. The van der Waals surface area contributed by atoms with E-state index in [9.17, 15) is 20.4 Å². The van der Waals surface area contributed by atoms with Crippen LogP contribution in [0.25, 0.3) is 0 Å². The molecular weight excluding hydrogens is 262 g/mol. The first kappa shape index (κ1) is 13.8. The van der Waals surface area contributed by atoms with Gasteiger partial charge in [0.25, 0.3) is 0 Å². The number of aliphatic hydroxyl groups is 4. The minimum Gasteiger partial charge on any atom is -0.394 e. The first-order valence-corrected chi connectivity index (χ1v) is 6.78. The third-order valence-electron chi connectivity index (χ3n) is 4.10. The summed E-state index contributed by atoms with van der Waals surface area (Å²) in [4.78, 5) is 1.87. The van der Waals surface area contributed by atoms with E-state index in [1.807, 2.05) is 29.2 Å². The molecule has 3 rings (SSSR count). The Hall–Kier alpha value is -1.18. The summed E-state index contributed by atoms with van der Waals surface area (Å²) in [7, 11) is 0. The SMILES string of the molecule is OC[C@H]1O[C@@H](N2CCc3ccccc32)[C@H](O)[C@@H](O)[C@H]1O. The smallest absolute Gasteiger partial charge is 0.159 e. The number of aliphatic hydroxyl groups excluding tert-OH is 4. The number of para-hydroxylation sites is 1. The van der Waals surface area contributed by atoms with Crippen molar-refractivity contribution < 1.29 is 25.2 Å². The van der Waals surface area contributed by atoms with Gasteiger partial charge in [-0.25, -0.2) is 0 Å². The lowest BCUT2D eigenvalue weighted by atomic mass is 9.97. The lowest BCUT2D eigenvalue weighted by molar-refractivity contribution is -0.228. The second-order valence-corrected chi connectivity index (χ2v) is 5.29. The normalized spacial score (nSPS) is 37.0. The van der Waals surface area contributed by atoms with Gasteiger partial charge >= 0.3 is 0 Å². The highest BCUT2D eigenvalue weighted by atomic mass is 16.6. The number of anilines is 1. The van der Waals surface area contributed by atoms with Crippen molar-refractivity contribution in [1.82, 2.24) is 0 Å². The fraction of sp³-hybridized carbons (Fsp3) is 0.571. The van der Waals surface area contributed by atoms with Gasteiger partial charge in [-0.15, -0.1) is 0 Å². The van der Waals surface area contributed by atoms with Gasteiger partial charge in [-0.1, -0.05) is 18.2 Å². The number of hydrogen-bond acceptors (Lipinski definition) is 6. The lowest BCUT2D eigenvalue weighted by Gasteiger charge is -2.44. The Morgan fingerprint density at radius 3 is 2.60 bits per heavy atom. The molecule has 1 aromatic rings. The van der Waals surface area contributed by atoms with Gasteiger partial charge in [0.1, 0.15) is 24.4 Å². The highest BCUT2D eigenvalue weighted by Gasteiger charge is 2.46. The molecule has 1 saturated heterocycles. The summed E-state index contributed by atoms with van der Waals surface area (Å²) in [6.45, 7) is 0.263. The van der Waals surface area contributed by atoms with Crippen LogP contribution in [0.4, 0.5) is 5.69 Å². The zero-order valence-electron chi connectivity index (χ0n) is 11.0. The van der Waals surface area contributed by atoms with Crippen molar-refractivity contribution in [2.24, 2.45) is 0 Å². The van der Waals surface area contributed by atoms with Gasteiger partial charge in [0.05, 0.1) is 6.61 Å². The molecule has 110 valence electrons. The molecule has 0 radical (unpaired) electrons. The van der Waals surface area contributed by atoms with Crippen LogP contribution in [0.15, 0.2) is 24.3 Å². The number of hydrogen-bond donors (Lipinski definition) is 4. The van der Waals surface area contributed by atoms with Crippen LogP contribution < -0.4 is 4.90 Å². The van der Waals surface area contributed by atoms with Crippen LogP contribution in [0.5, 0.6) is 0 Å². The fourth-order valence-electron chi connectivity index (χ4n) is 2.97. The molecule has 6 heteroatoms. The first-order chi connectivity index (χ1) is 9.63. The van der Waals surface area contributed by atoms with Crippen LogP contribution in [-0.2, 0) is 11.2 Å². The van der Waals surface area contributed by atoms with Crippen molar-refractivity contribution in [2.75, 3.05) is 18.1 Å². The Bertz CT molecular complexity index is 480. The molecular formula is C14H19NO5. The standard InChI is InChI=1S/C14H19NO5/c16-7-10-11(17)12(18)13(19)14(20-10)15-6-5-8-3-1-2-4-9(8)15/h1-4,10-14,16-19H,5-7H2/t10-,11+,12+,13-,14-/m1/s1. The van der Waals surface area contributed by atoms with Crippen molar-refractivity contribution in [3.8, 4) is 0 Å². The zero-order chi connectivity index (χ0) is 14.3. The van der Waals surface area contributed by atoms with Gasteiger partial charge in [-0.05, 0) is 18.1 Å². The molecule has 0 unspecified atom stereocenters. The maximum atomic E-state index is 10.1. The van der Waals surface area contributed by atoms with Crippen LogP contribution in [0, 0.1) is 0 Å². The molecule has 1 fully saturated rings. The molecule has 2 aliphatic heterocycles. The summed E-state index contributed by atoms with van der Waals surface area (Å²) in [6, 6.07) is 7.81. The molecule has 2 heterocycles. The fourth-order valence-corrected chi connectivity index (χ4v) is 2.97. The van der Waals surface area contributed by atoms with E-state index in [1.165, 1.54) is 0 Å². The third-order valence-corrected chi connectivity index (χ3v) is 4.10.